The van der Waals surface area contributed by atoms with Crippen molar-refractivity contribution in [2.75, 3.05) is 26.9 Å². The topological polar surface area (TPSA) is 74.3 Å². The van der Waals surface area contributed by atoms with E-state index in [0.29, 0.717) is 19.8 Å². The van der Waals surface area contributed by atoms with Crippen LogP contribution in [0.3, 0.4) is 0 Å². The summed E-state index contributed by atoms with van der Waals surface area (Å²) in [4.78, 5) is 0. The van der Waals surface area contributed by atoms with Crippen molar-refractivity contribution in [1.82, 2.24) is 15.2 Å². The van der Waals surface area contributed by atoms with Gasteiger partial charge in [0, 0.05) is 27.0 Å². The van der Waals surface area contributed by atoms with E-state index in [0.717, 1.165) is 12.1 Å². The van der Waals surface area contributed by atoms with Gasteiger partial charge in [-0.15, -0.1) is 0 Å². The summed E-state index contributed by atoms with van der Waals surface area (Å²) in [6.07, 6.45) is 2.56. The molecule has 0 aliphatic rings. The maximum Gasteiger partial charge on any atom is 0.0700 e. The van der Waals surface area contributed by atoms with Gasteiger partial charge in [0.1, 0.15) is 0 Å². The Bertz CT molecular complexity index is 290. The Labute approximate surface area is 95.7 Å². The number of nitrogens with one attached hydrogen (secondary N) is 1. The molecule has 6 nitrogen and oxygen atoms in total. The summed E-state index contributed by atoms with van der Waals surface area (Å²) >= 11 is 0. The number of nitrogens with two attached hydrogens (primary N) is 1. The number of nitrogens with zero attached hydrogens (tertiary/aromatic N) is 2. The molecule has 0 saturated heterocycles. The van der Waals surface area contributed by atoms with Crippen LogP contribution in [0.1, 0.15) is 18.2 Å². The van der Waals surface area contributed by atoms with E-state index >= 15 is 0 Å². The zero-order valence-electron chi connectivity index (χ0n) is 9.85. The Kier molecular flexibility index (Phi) is 6.02. The van der Waals surface area contributed by atoms with Gasteiger partial charge in [-0.05, 0) is 12.5 Å². The third kappa shape index (κ3) is 3.90. The molecule has 0 radical (unpaired) electrons. The molecule has 6 heteroatoms. The maximum atomic E-state index is 5.50. The number of aromatic nitrogens is 2. The minimum Gasteiger partial charge on any atom is -0.382 e. The molecule has 1 heterocycles. The third-order valence-electron chi connectivity index (χ3n) is 2.40. The van der Waals surface area contributed by atoms with Crippen LogP contribution in [0.4, 0.5) is 0 Å². The lowest BCUT2D eigenvalue weighted by molar-refractivity contribution is 0.0654. The summed E-state index contributed by atoms with van der Waals surface area (Å²) < 4.78 is 12.1. The van der Waals surface area contributed by atoms with Gasteiger partial charge in [0.25, 0.3) is 0 Å². The van der Waals surface area contributed by atoms with Gasteiger partial charge in [-0.25, -0.2) is 0 Å². The number of hydrazine groups is 1. The molecule has 1 unspecified atom stereocenters. The Morgan fingerprint density at radius 3 is 2.88 bits per heavy atom. The van der Waals surface area contributed by atoms with Crippen molar-refractivity contribution >= 4 is 0 Å². The number of hydrogen-bond acceptors (Lipinski definition) is 5. The van der Waals surface area contributed by atoms with Crippen molar-refractivity contribution < 1.29 is 9.47 Å². The molecule has 92 valence electrons. The Morgan fingerprint density at radius 2 is 2.31 bits per heavy atom. The molecule has 0 fully saturated rings. The molecule has 0 bridgehead atoms. The molecular weight excluding hydrogens is 208 g/mol. The predicted molar refractivity (Wildman–Crippen MR) is 60.6 cm³/mol. The van der Waals surface area contributed by atoms with Crippen LogP contribution in [0.15, 0.2) is 12.3 Å². The zero-order chi connectivity index (χ0) is 11.8. The molecule has 0 amide bonds. The molecule has 1 atom stereocenters. The van der Waals surface area contributed by atoms with Crippen LogP contribution in [-0.2, 0) is 16.5 Å². The van der Waals surface area contributed by atoms with E-state index in [9.17, 15) is 0 Å². The Balaban J connectivity index is 2.30. The fourth-order valence-electron chi connectivity index (χ4n) is 1.49. The van der Waals surface area contributed by atoms with Crippen LogP contribution in [0.5, 0.6) is 0 Å². The van der Waals surface area contributed by atoms with Gasteiger partial charge in [-0.3, -0.25) is 16.0 Å². The molecule has 0 aliphatic heterocycles. The molecular formula is C10H20N4O2. The number of ether oxygens (including phenoxy) is 2. The minimum absolute atomic E-state index is 0.0649. The largest absolute Gasteiger partial charge is 0.382 e. The highest BCUT2D eigenvalue weighted by Crippen LogP contribution is 2.14. The minimum atomic E-state index is 0.0649. The highest BCUT2D eigenvalue weighted by molar-refractivity contribution is 5.05. The first-order valence-electron chi connectivity index (χ1n) is 5.30. The van der Waals surface area contributed by atoms with Gasteiger partial charge in [0.05, 0.1) is 24.9 Å². The highest BCUT2D eigenvalue weighted by atomic mass is 16.5. The van der Waals surface area contributed by atoms with E-state index in [2.05, 4.69) is 10.5 Å². The first-order valence-corrected chi connectivity index (χ1v) is 5.30. The smallest absolute Gasteiger partial charge is 0.0700 e. The fourth-order valence-corrected chi connectivity index (χ4v) is 1.49. The van der Waals surface area contributed by atoms with E-state index in [1.54, 1.807) is 18.0 Å². The molecule has 16 heavy (non-hydrogen) atoms. The van der Waals surface area contributed by atoms with Crippen molar-refractivity contribution in [1.29, 1.82) is 0 Å². The van der Waals surface area contributed by atoms with Crippen molar-refractivity contribution in [2.24, 2.45) is 12.9 Å². The quantitative estimate of drug-likeness (QED) is 0.371. The summed E-state index contributed by atoms with van der Waals surface area (Å²) in [6.45, 7) is 1.87. The van der Waals surface area contributed by atoms with E-state index in [1.807, 2.05) is 13.1 Å². The van der Waals surface area contributed by atoms with Gasteiger partial charge in [0.15, 0.2) is 0 Å². The SMILES string of the molecule is COCCOCCC(NN)c1ccnn1C. The van der Waals surface area contributed by atoms with Crippen molar-refractivity contribution in [3.05, 3.63) is 18.0 Å². The van der Waals surface area contributed by atoms with Gasteiger partial charge in [-0.2, -0.15) is 5.10 Å². The lowest BCUT2D eigenvalue weighted by Gasteiger charge is -2.16. The van der Waals surface area contributed by atoms with Gasteiger partial charge < -0.3 is 9.47 Å². The zero-order valence-corrected chi connectivity index (χ0v) is 9.85. The van der Waals surface area contributed by atoms with E-state index in [1.165, 1.54) is 0 Å². The lowest BCUT2D eigenvalue weighted by Crippen LogP contribution is -2.30. The Morgan fingerprint density at radius 1 is 1.50 bits per heavy atom. The average molecular weight is 228 g/mol. The molecule has 3 N–H and O–H groups in total. The van der Waals surface area contributed by atoms with Crippen LogP contribution >= 0.6 is 0 Å². The van der Waals surface area contributed by atoms with Gasteiger partial charge in [-0.1, -0.05) is 0 Å². The van der Waals surface area contributed by atoms with Gasteiger partial charge >= 0.3 is 0 Å². The molecule has 0 saturated carbocycles. The third-order valence-corrected chi connectivity index (χ3v) is 2.40. The molecule has 0 aliphatic carbocycles. The Hall–Kier alpha value is -0.950. The number of methoxy groups -OCH3 is 1. The first-order chi connectivity index (χ1) is 7.79. The second-order valence-corrected chi connectivity index (χ2v) is 3.49. The van der Waals surface area contributed by atoms with Crippen LogP contribution in [0.25, 0.3) is 0 Å². The monoisotopic (exact) mass is 228 g/mol. The van der Waals surface area contributed by atoms with Crippen LogP contribution in [-0.4, -0.2) is 36.7 Å². The summed E-state index contributed by atoms with van der Waals surface area (Å²) in [5.74, 6) is 5.50. The van der Waals surface area contributed by atoms with Crippen LogP contribution in [0, 0.1) is 0 Å². The van der Waals surface area contributed by atoms with Crippen LogP contribution in [0.2, 0.25) is 0 Å². The summed E-state index contributed by atoms with van der Waals surface area (Å²) in [5, 5.41) is 4.10. The normalized spacial score (nSPS) is 12.9. The molecule has 1 aromatic rings. The number of hydrogen-bond donors (Lipinski definition) is 2. The molecule has 1 aromatic heterocycles. The van der Waals surface area contributed by atoms with E-state index < -0.39 is 0 Å². The number of rotatable bonds is 8. The summed E-state index contributed by atoms with van der Waals surface area (Å²) in [6, 6.07) is 2.01. The first kappa shape index (κ1) is 13.1. The fraction of sp³-hybridized carbons (Fsp3) is 0.700. The lowest BCUT2D eigenvalue weighted by atomic mass is 10.1. The van der Waals surface area contributed by atoms with Crippen molar-refractivity contribution in [3.63, 3.8) is 0 Å². The summed E-state index contributed by atoms with van der Waals surface area (Å²) in [5.41, 5.74) is 3.82. The van der Waals surface area contributed by atoms with Crippen molar-refractivity contribution in [3.8, 4) is 0 Å². The van der Waals surface area contributed by atoms with E-state index in [-0.39, 0.29) is 6.04 Å². The second kappa shape index (κ2) is 7.34. The molecule has 0 aromatic carbocycles. The van der Waals surface area contributed by atoms with Crippen LogP contribution < -0.4 is 11.3 Å². The second-order valence-electron chi connectivity index (χ2n) is 3.49. The standard InChI is InChI=1S/C10H20N4O2/c1-14-10(3-5-12-14)9(13-11)4-6-16-8-7-15-2/h3,5,9,13H,4,6-8,11H2,1-2H3. The van der Waals surface area contributed by atoms with Crippen molar-refractivity contribution in [2.45, 2.75) is 12.5 Å². The molecule has 1 rings (SSSR count). The van der Waals surface area contributed by atoms with E-state index in [4.69, 9.17) is 15.3 Å². The predicted octanol–water partition coefficient (Wildman–Crippen LogP) is -0.0224. The number of aryl methyl sites for hydroxylation is 1. The maximum absolute atomic E-state index is 5.50. The molecule has 0 spiro atoms. The van der Waals surface area contributed by atoms with Gasteiger partial charge in [0.2, 0.25) is 0 Å². The summed E-state index contributed by atoms with van der Waals surface area (Å²) in [7, 11) is 3.55. The average Bonchev–Trinajstić information content (AvgIpc) is 2.70. The highest BCUT2D eigenvalue weighted by Gasteiger charge is 2.12.